The monoisotopic (exact) mass is 350 g/mol. The Morgan fingerprint density at radius 2 is 2.08 bits per heavy atom. The van der Waals surface area contributed by atoms with Crippen LogP contribution in [0, 0.1) is 0 Å². The number of benzene rings is 1. The van der Waals surface area contributed by atoms with Crippen LogP contribution >= 0.6 is 0 Å². The number of carbonyl (C=O) groups is 1. The molecule has 3 aromatic rings. The Bertz CT molecular complexity index is 1050. The number of likely N-dealkylation sites (tertiary alicyclic amines) is 1. The lowest BCUT2D eigenvalue weighted by Gasteiger charge is -2.23. The molecule has 0 radical (unpaired) electrons. The van der Waals surface area contributed by atoms with Gasteiger partial charge in [-0.1, -0.05) is 17.3 Å². The fraction of sp³-hybridized carbons (Fsp3) is 0.368. The summed E-state index contributed by atoms with van der Waals surface area (Å²) < 4.78 is 5.32. The molecule has 7 nitrogen and oxygen atoms in total. The molecule has 132 valence electrons. The molecule has 1 unspecified atom stereocenters. The minimum atomic E-state index is -0.249. The third-order valence-electron chi connectivity index (χ3n) is 5.19. The number of nitrogens with zero attached hydrogens (tertiary/aromatic N) is 3. The Balaban J connectivity index is 1.48. The van der Waals surface area contributed by atoms with E-state index in [9.17, 15) is 9.59 Å². The first-order valence-corrected chi connectivity index (χ1v) is 8.97. The Hall–Kier alpha value is -2.96. The van der Waals surface area contributed by atoms with Gasteiger partial charge in [0.05, 0.1) is 16.9 Å². The molecule has 1 aliphatic heterocycles. The molecule has 1 aliphatic carbocycles. The minimum absolute atomic E-state index is 0.168. The van der Waals surface area contributed by atoms with Crippen LogP contribution in [0.3, 0.4) is 0 Å². The molecule has 0 spiro atoms. The third kappa shape index (κ3) is 2.51. The molecular formula is C19H18N4O3. The quantitative estimate of drug-likeness (QED) is 0.784. The van der Waals surface area contributed by atoms with Crippen LogP contribution in [0.25, 0.3) is 10.9 Å². The van der Waals surface area contributed by atoms with Gasteiger partial charge in [0.1, 0.15) is 11.6 Å². The normalized spacial score (nSPS) is 20.0. The van der Waals surface area contributed by atoms with E-state index >= 15 is 0 Å². The van der Waals surface area contributed by atoms with Gasteiger partial charge in [0.15, 0.2) is 5.69 Å². The summed E-state index contributed by atoms with van der Waals surface area (Å²) in [4.78, 5) is 34.5. The second kappa shape index (κ2) is 5.79. The van der Waals surface area contributed by atoms with Gasteiger partial charge in [-0.3, -0.25) is 9.59 Å². The fourth-order valence-electron chi connectivity index (χ4n) is 3.65. The maximum absolute atomic E-state index is 12.9. The number of aromatic amines is 1. The van der Waals surface area contributed by atoms with Crippen molar-refractivity contribution in [2.75, 3.05) is 6.54 Å². The number of amides is 1. The van der Waals surface area contributed by atoms with E-state index in [1.807, 2.05) is 18.2 Å². The van der Waals surface area contributed by atoms with Crippen molar-refractivity contribution in [3.8, 4) is 0 Å². The second-order valence-electron chi connectivity index (χ2n) is 7.01. The van der Waals surface area contributed by atoms with Crippen molar-refractivity contribution in [1.29, 1.82) is 0 Å². The number of para-hydroxylation sites is 1. The summed E-state index contributed by atoms with van der Waals surface area (Å²) in [7, 11) is 0. The summed E-state index contributed by atoms with van der Waals surface area (Å²) in [5.74, 6) is 1.57. The zero-order valence-corrected chi connectivity index (χ0v) is 14.1. The minimum Gasteiger partial charge on any atom is -0.360 e. The van der Waals surface area contributed by atoms with Gasteiger partial charge in [0, 0.05) is 18.5 Å². The number of nitrogens with one attached hydrogen (secondary N) is 1. The number of H-pyrrole nitrogens is 1. The SMILES string of the molecule is O=C(c1cc(C2CC2)on1)N1CCCC1c1nc2ccccc2c(=O)[nH]1. The van der Waals surface area contributed by atoms with Crippen molar-refractivity contribution in [2.24, 2.45) is 0 Å². The number of hydrogen-bond acceptors (Lipinski definition) is 5. The predicted molar refractivity (Wildman–Crippen MR) is 93.9 cm³/mol. The zero-order chi connectivity index (χ0) is 17.7. The molecule has 0 bridgehead atoms. The number of carbonyl (C=O) groups excluding carboxylic acids is 1. The van der Waals surface area contributed by atoms with Crippen molar-refractivity contribution < 1.29 is 9.32 Å². The number of rotatable bonds is 3. The van der Waals surface area contributed by atoms with Crippen LogP contribution in [-0.4, -0.2) is 32.5 Å². The summed E-state index contributed by atoms with van der Waals surface area (Å²) in [6.07, 6.45) is 3.81. The molecule has 1 saturated carbocycles. The highest BCUT2D eigenvalue weighted by Gasteiger charge is 2.35. The number of aromatic nitrogens is 3. The Morgan fingerprint density at radius 1 is 1.23 bits per heavy atom. The van der Waals surface area contributed by atoms with Crippen LogP contribution in [0.15, 0.2) is 39.6 Å². The highest BCUT2D eigenvalue weighted by Crippen LogP contribution is 2.40. The van der Waals surface area contributed by atoms with E-state index in [-0.39, 0.29) is 17.5 Å². The molecule has 1 atom stereocenters. The van der Waals surface area contributed by atoms with Crippen LogP contribution in [0.4, 0.5) is 0 Å². The molecule has 1 aromatic carbocycles. The smallest absolute Gasteiger partial charge is 0.276 e. The summed E-state index contributed by atoms with van der Waals surface area (Å²) in [5, 5.41) is 4.51. The van der Waals surface area contributed by atoms with Gasteiger partial charge in [-0.05, 0) is 37.8 Å². The van der Waals surface area contributed by atoms with Gasteiger partial charge in [-0.2, -0.15) is 0 Å². The van der Waals surface area contributed by atoms with Crippen LogP contribution in [-0.2, 0) is 0 Å². The zero-order valence-electron chi connectivity index (χ0n) is 14.1. The van der Waals surface area contributed by atoms with Crippen LogP contribution in [0.1, 0.15) is 59.7 Å². The first-order valence-electron chi connectivity index (χ1n) is 8.97. The maximum atomic E-state index is 12.9. The lowest BCUT2D eigenvalue weighted by atomic mass is 10.1. The van der Waals surface area contributed by atoms with Crippen LogP contribution < -0.4 is 5.56 Å². The predicted octanol–water partition coefficient (Wildman–Crippen LogP) is 2.77. The van der Waals surface area contributed by atoms with Gasteiger partial charge in [-0.15, -0.1) is 0 Å². The molecule has 7 heteroatoms. The van der Waals surface area contributed by atoms with E-state index in [4.69, 9.17) is 4.52 Å². The number of fused-ring (bicyclic) bond motifs is 1. The van der Waals surface area contributed by atoms with Crippen molar-refractivity contribution in [2.45, 2.75) is 37.6 Å². The van der Waals surface area contributed by atoms with Gasteiger partial charge >= 0.3 is 0 Å². The molecule has 26 heavy (non-hydrogen) atoms. The molecule has 1 N–H and O–H groups in total. The molecular weight excluding hydrogens is 332 g/mol. The molecule has 2 aromatic heterocycles. The van der Waals surface area contributed by atoms with E-state index in [0.29, 0.717) is 34.9 Å². The first kappa shape index (κ1) is 15.3. The summed E-state index contributed by atoms with van der Waals surface area (Å²) in [5.41, 5.74) is 0.798. The van der Waals surface area contributed by atoms with Gasteiger partial charge in [0.2, 0.25) is 0 Å². The van der Waals surface area contributed by atoms with E-state index in [2.05, 4.69) is 15.1 Å². The standard InChI is InChI=1S/C19H18N4O3/c24-18-12-4-1-2-5-13(12)20-17(21-18)15-6-3-9-23(15)19(25)14-10-16(26-22-14)11-7-8-11/h1-2,4-5,10-11,15H,3,6-9H2,(H,20,21,24). The summed E-state index contributed by atoms with van der Waals surface area (Å²) in [6, 6.07) is 8.73. The van der Waals surface area contributed by atoms with Crippen molar-refractivity contribution >= 4 is 16.8 Å². The van der Waals surface area contributed by atoms with Crippen molar-refractivity contribution in [1.82, 2.24) is 20.0 Å². The Kier molecular flexibility index (Phi) is 3.41. The lowest BCUT2D eigenvalue weighted by Crippen LogP contribution is -2.32. The van der Waals surface area contributed by atoms with Crippen LogP contribution in [0.5, 0.6) is 0 Å². The van der Waals surface area contributed by atoms with Crippen LogP contribution in [0.2, 0.25) is 0 Å². The molecule has 2 aliphatic rings. The fourth-order valence-corrected chi connectivity index (χ4v) is 3.65. The molecule has 3 heterocycles. The number of hydrogen-bond donors (Lipinski definition) is 1. The van der Waals surface area contributed by atoms with E-state index in [0.717, 1.165) is 31.4 Å². The topological polar surface area (TPSA) is 92.1 Å². The Morgan fingerprint density at radius 3 is 2.92 bits per heavy atom. The summed E-state index contributed by atoms with van der Waals surface area (Å²) >= 11 is 0. The van der Waals surface area contributed by atoms with E-state index in [1.54, 1.807) is 17.0 Å². The van der Waals surface area contributed by atoms with E-state index in [1.165, 1.54) is 0 Å². The molecule has 1 amide bonds. The Labute approximate surface area is 149 Å². The average molecular weight is 350 g/mol. The van der Waals surface area contributed by atoms with E-state index < -0.39 is 0 Å². The first-order chi connectivity index (χ1) is 12.7. The average Bonchev–Trinajstić information content (AvgIpc) is 3.20. The molecule has 1 saturated heterocycles. The summed E-state index contributed by atoms with van der Waals surface area (Å²) in [6.45, 7) is 0.617. The van der Waals surface area contributed by atoms with Crippen molar-refractivity contribution in [3.63, 3.8) is 0 Å². The molecule has 2 fully saturated rings. The lowest BCUT2D eigenvalue weighted by molar-refractivity contribution is 0.0719. The van der Waals surface area contributed by atoms with Crippen molar-refractivity contribution in [3.05, 3.63) is 58.0 Å². The van der Waals surface area contributed by atoms with Gasteiger partial charge in [0.25, 0.3) is 11.5 Å². The molecule has 5 rings (SSSR count). The highest BCUT2D eigenvalue weighted by molar-refractivity contribution is 5.92. The second-order valence-corrected chi connectivity index (χ2v) is 7.01. The van der Waals surface area contributed by atoms with Gasteiger partial charge < -0.3 is 14.4 Å². The van der Waals surface area contributed by atoms with Gasteiger partial charge in [-0.25, -0.2) is 4.98 Å². The highest BCUT2D eigenvalue weighted by atomic mass is 16.5. The maximum Gasteiger partial charge on any atom is 0.276 e. The third-order valence-corrected chi connectivity index (χ3v) is 5.19. The largest absolute Gasteiger partial charge is 0.360 e.